The van der Waals surface area contributed by atoms with Gasteiger partial charge >= 0.3 is 5.97 Å². The van der Waals surface area contributed by atoms with E-state index in [1.54, 1.807) is 0 Å². The number of rotatable bonds is 3. The number of carboxylic acids is 1. The summed E-state index contributed by atoms with van der Waals surface area (Å²) in [7, 11) is 0. The summed E-state index contributed by atoms with van der Waals surface area (Å²) >= 11 is 0. The van der Waals surface area contributed by atoms with Crippen LogP contribution in [0.1, 0.15) is 12.8 Å². The Kier molecular flexibility index (Phi) is 4.08. The third-order valence-electron chi connectivity index (χ3n) is 2.59. The molecule has 0 radical (unpaired) electrons. The van der Waals surface area contributed by atoms with Crippen LogP contribution in [0.5, 0.6) is 0 Å². The zero-order valence-corrected chi connectivity index (χ0v) is 8.85. The Balaban J connectivity index is 2.89. The number of ether oxygens (including phenoxy) is 1. The van der Waals surface area contributed by atoms with Crippen molar-refractivity contribution in [1.82, 2.24) is 0 Å². The van der Waals surface area contributed by atoms with Crippen LogP contribution in [0, 0.1) is 12.3 Å². The first kappa shape index (κ1) is 13.9. The number of hydrogen-bond donors (Lipinski definition) is 5. The molecule has 96 valence electrons. The lowest BCUT2D eigenvalue weighted by Crippen LogP contribution is -2.61. The minimum Gasteiger partial charge on any atom is -0.477 e. The monoisotopic (exact) mass is 246 g/mol. The average Bonchev–Trinajstić information content (AvgIpc) is 2.23. The van der Waals surface area contributed by atoms with Crippen LogP contribution in [0.25, 0.3) is 0 Å². The number of hydrogen-bond acceptors (Lipinski definition) is 6. The number of aliphatic hydroxyl groups is 4. The molecule has 1 fully saturated rings. The molecular formula is C10H14O7. The van der Waals surface area contributed by atoms with Crippen molar-refractivity contribution in [3.8, 4) is 12.3 Å². The van der Waals surface area contributed by atoms with Crippen molar-refractivity contribution in [3.63, 3.8) is 0 Å². The molecule has 0 aromatic rings. The fourth-order valence-corrected chi connectivity index (χ4v) is 1.65. The molecule has 1 aliphatic heterocycles. The summed E-state index contributed by atoms with van der Waals surface area (Å²) in [5.41, 5.74) is 0. The van der Waals surface area contributed by atoms with Gasteiger partial charge in [-0.1, -0.05) is 0 Å². The number of carbonyl (C=O) groups is 1. The highest BCUT2D eigenvalue weighted by atomic mass is 16.7. The number of aliphatic hydroxyl groups excluding tert-OH is 3. The Morgan fingerprint density at radius 3 is 2.65 bits per heavy atom. The molecule has 5 atom stereocenters. The van der Waals surface area contributed by atoms with Gasteiger partial charge in [-0.05, 0) is 0 Å². The van der Waals surface area contributed by atoms with Gasteiger partial charge in [-0.2, -0.15) is 0 Å². The molecule has 0 bridgehead atoms. The second-order valence-electron chi connectivity index (χ2n) is 3.91. The largest absolute Gasteiger partial charge is 0.477 e. The molecule has 1 saturated heterocycles. The van der Waals surface area contributed by atoms with Crippen molar-refractivity contribution in [1.29, 1.82) is 0 Å². The predicted octanol–water partition coefficient (Wildman–Crippen LogP) is -2.35. The van der Waals surface area contributed by atoms with E-state index in [1.807, 2.05) is 0 Å². The fourth-order valence-electron chi connectivity index (χ4n) is 1.65. The standard InChI is InChI=1S/C10H14O7/c1-2-3-5(11)8-7(13)6(12)4-10(16,17-8)9(14)15/h1,5-8,11-13,16H,3-4H2,(H,14,15)/t5?,6-,7-,8-,10?/m1/s1. The Labute approximate surface area is 97.3 Å². The van der Waals surface area contributed by atoms with Crippen molar-refractivity contribution >= 4 is 5.97 Å². The lowest BCUT2D eigenvalue weighted by atomic mass is 9.92. The van der Waals surface area contributed by atoms with Crippen molar-refractivity contribution in [2.75, 3.05) is 0 Å². The summed E-state index contributed by atoms with van der Waals surface area (Å²) in [4.78, 5) is 10.8. The smallest absolute Gasteiger partial charge is 0.364 e. The minimum atomic E-state index is -2.64. The summed E-state index contributed by atoms with van der Waals surface area (Å²) in [6.45, 7) is 0. The van der Waals surface area contributed by atoms with Gasteiger partial charge in [0.25, 0.3) is 5.79 Å². The van der Waals surface area contributed by atoms with Gasteiger partial charge in [0.05, 0.1) is 12.2 Å². The van der Waals surface area contributed by atoms with Gasteiger partial charge in [0.15, 0.2) is 0 Å². The van der Waals surface area contributed by atoms with Gasteiger partial charge in [0.1, 0.15) is 12.2 Å². The summed E-state index contributed by atoms with van der Waals surface area (Å²) in [6.07, 6.45) is -1.82. The molecular weight excluding hydrogens is 232 g/mol. The van der Waals surface area contributed by atoms with Gasteiger partial charge in [-0.15, -0.1) is 12.3 Å². The van der Waals surface area contributed by atoms with E-state index in [9.17, 15) is 25.2 Å². The predicted molar refractivity (Wildman–Crippen MR) is 53.5 cm³/mol. The summed E-state index contributed by atoms with van der Waals surface area (Å²) in [6, 6.07) is 0. The number of aliphatic carboxylic acids is 1. The Morgan fingerprint density at radius 2 is 2.18 bits per heavy atom. The highest BCUT2D eigenvalue weighted by Gasteiger charge is 2.52. The van der Waals surface area contributed by atoms with Crippen LogP contribution in [0.3, 0.4) is 0 Å². The van der Waals surface area contributed by atoms with Crippen LogP contribution in [-0.2, 0) is 9.53 Å². The molecule has 0 aromatic carbocycles. The maximum atomic E-state index is 10.8. The maximum Gasteiger partial charge on any atom is 0.364 e. The van der Waals surface area contributed by atoms with E-state index in [1.165, 1.54) is 0 Å². The lowest BCUT2D eigenvalue weighted by molar-refractivity contribution is -0.306. The quantitative estimate of drug-likeness (QED) is 0.353. The molecule has 0 amide bonds. The van der Waals surface area contributed by atoms with Crippen LogP contribution >= 0.6 is 0 Å². The van der Waals surface area contributed by atoms with E-state index < -0.39 is 42.6 Å². The van der Waals surface area contributed by atoms with Crippen molar-refractivity contribution in [3.05, 3.63) is 0 Å². The van der Waals surface area contributed by atoms with E-state index in [-0.39, 0.29) is 6.42 Å². The zero-order chi connectivity index (χ0) is 13.2. The normalized spacial score (nSPS) is 39.4. The Bertz CT molecular complexity index is 336. The van der Waals surface area contributed by atoms with Crippen molar-refractivity contribution in [2.45, 2.75) is 43.0 Å². The molecule has 7 nitrogen and oxygen atoms in total. The van der Waals surface area contributed by atoms with Crippen LogP contribution in [0.15, 0.2) is 0 Å². The van der Waals surface area contributed by atoms with Gasteiger partial charge in [0, 0.05) is 12.8 Å². The highest BCUT2D eigenvalue weighted by molar-refractivity contribution is 5.75. The van der Waals surface area contributed by atoms with Crippen molar-refractivity contribution < 1.29 is 35.1 Å². The van der Waals surface area contributed by atoms with E-state index in [0.717, 1.165) is 0 Å². The van der Waals surface area contributed by atoms with E-state index >= 15 is 0 Å². The molecule has 0 aliphatic carbocycles. The van der Waals surface area contributed by atoms with Crippen LogP contribution in [0.4, 0.5) is 0 Å². The number of terminal acetylenes is 1. The first-order valence-corrected chi connectivity index (χ1v) is 4.93. The third kappa shape index (κ3) is 2.74. The molecule has 5 N–H and O–H groups in total. The fraction of sp³-hybridized carbons (Fsp3) is 0.700. The molecule has 7 heteroatoms. The summed E-state index contributed by atoms with van der Waals surface area (Å²) < 4.78 is 4.73. The molecule has 0 spiro atoms. The van der Waals surface area contributed by atoms with E-state index in [2.05, 4.69) is 5.92 Å². The van der Waals surface area contributed by atoms with E-state index in [0.29, 0.717) is 0 Å². The Morgan fingerprint density at radius 1 is 1.59 bits per heavy atom. The van der Waals surface area contributed by atoms with Gasteiger partial charge in [0.2, 0.25) is 0 Å². The van der Waals surface area contributed by atoms with Gasteiger partial charge in [-0.25, -0.2) is 4.79 Å². The second kappa shape index (κ2) is 5.00. The second-order valence-corrected chi connectivity index (χ2v) is 3.91. The van der Waals surface area contributed by atoms with E-state index in [4.69, 9.17) is 16.3 Å². The number of carboxylic acid groups (broad SMARTS) is 1. The zero-order valence-electron chi connectivity index (χ0n) is 8.85. The van der Waals surface area contributed by atoms with Gasteiger partial charge in [-0.3, -0.25) is 0 Å². The first-order chi connectivity index (χ1) is 7.81. The summed E-state index contributed by atoms with van der Waals surface area (Å²) in [5.74, 6) is -2.24. The topological polar surface area (TPSA) is 127 Å². The van der Waals surface area contributed by atoms with Crippen LogP contribution in [-0.4, -0.2) is 61.7 Å². The SMILES string of the molecule is C#CCC(O)[C@H]1OC(O)(C(=O)O)C[C@@H](O)[C@H]1O. The maximum absolute atomic E-state index is 10.8. The molecule has 2 unspecified atom stereocenters. The van der Waals surface area contributed by atoms with Crippen LogP contribution < -0.4 is 0 Å². The molecule has 1 rings (SSSR count). The Hall–Kier alpha value is -1.17. The van der Waals surface area contributed by atoms with Crippen molar-refractivity contribution in [2.24, 2.45) is 0 Å². The first-order valence-electron chi connectivity index (χ1n) is 4.93. The average molecular weight is 246 g/mol. The highest BCUT2D eigenvalue weighted by Crippen LogP contribution is 2.30. The van der Waals surface area contributed by atoms with Gasteiger partial charge < -0.3 is 30.3 Å². The summed E-state index contributed by atoms with van der Waals surface area (Å²) in [5, 5.41) is 46.8. The molecule has 17 heavy (non-hydrogen) atoms. The lowest BCUT2D eigenvalue weighted by Gasteiger charge is -2.41. The van der Waals surface area contributed by atoms with Crippen LogP contribution in [0.2, 0.25) is 0 Å². The third-order valence-corrected chi connectivity index (χ3v) is 2.59. The molecule has 1 aliphatic rings. The minimum absolute atomic E-state index is 0.204. The molecule has 1 heterocycles. The molecule has 0 saturated carbocycles. The molecule has 0 aromatic heterocycles.